The van der Waals surface area contributed by atoms with Gasteiger partial charge < -0.3 is 4.52 Å². The van der Waals surface area contributed by atoms with Gasteiger partial charge in [-0.25, -0.2) is 4.89 Å². The molecule has 0 amide bonds. The summed E-state index contributed by atoms with van der Waals surface area (Å²) in [5.41, 5.74) is 2.92. The van der Waals surface area contributed by atoms with Crippen LogP contribution in [0.15, 0.2) is 28.8 Å². The monoisotopic (exact) mass is 217 g/mol. The summed E-state index contributed by atoms with van der Waals surface area (Å²) in [6.07, 6.45) is 0. The van der Waals surface area contributed by atoms with Gasteiger partial charge in [0.1, 0.15) is 12.3 Å². The van der Waals surface area contributed by atoms with Crippen LogP contribution in [0.25, 0.3) is 24.4 Å². The lowest BCUT2D eigenvalue weighted by Crippen LogP contribution is -2.17. The predicted octanol–water partition coefficient (Wildman–Crippen LogP) is 1.15. The summed E-state index contributed by atoms with van der Waals surface area (Å²) in [5, 5.41) is 12.9. The molecule has 0 atom stereocenters. The first kappa shape index (κ1) is 10.6. The lowest BCUT2D eigenvalue weighted by Gasteiger charge is -1.99. The number of aromatic nitrogens is 1. The topological polar surface area (TPSA) is 55.5 Å². The second kappa shape index (κ2) is 4.30. The summed E-state index contributed by atoms with van der Waals surface area (Å²) in [7, 11) is 0. The van der Waals surface area contributed by atoms with Crippen LogP contribution in [-0.4, -0.2) is 10.4 Å². The van der Waals surface area contributed by atoms with Crippen molar-refractivity contribution >= 4 is 13.2 Å². The lowest BCUT2D eigenvalue weighted by atomic mass is 10.1. The molecule has 2 aromatic rings. The molecule has 4 heteroatoms. The molecule has 0 aliphatic carbocycles. The van der Waals surface area contributed by atoms with Crippen LogP contribution in [0.3, 0.4) is 0 Å². The van der Waals surface area contributed by atoms with Gasteiger partial charge in [-0.1, -0.05) is 42.6 Å². The van der Waals surface area contributed by atoms with Gasteiger partial charge in [0.2, 0.25) is 0 Å². The molecule has 0 bridgehead atoms. The minimum absolute atomic E-state index is 0.164. The van der Waals surface area contributed by atoms with Crippen molar-refractivity contribution in [3.8, 4) is 11.3 Å². The Morgan fingerprint density at radius 3 is 2.44 bits per heavy atom. The highest BCUT2D eigenvalue weighted by Crippen LogP contribution is 2.13. The van der Waals surface area contributed by atoms with Gasteiger partial charge in [-0.15, -0.1) is 0 Å². The van der Waals surface area contributed by atoms with Gasteiger partial charge in [0, 0.05) is 10.8 Å². The number of hydrogen-bond donors (Lipinski definition) is 1. The van der Waals surface area contributed by atoms with Crippen LogP contribution in [0.5, 0.6) is 0 Å². The van der Waals surface area contributed by atoms with Gasteiger partial charge in [0.15, 0.2) is 5.42 Å². The minimum Gasteiger partial charge on any atom is -0.356 e. The normalized spacial score (nSPS) is 10.6. The van der Waals surface area contributed by atoms with E-state index >= 15 is 0 Å². The van der Waals surface area contributed by atoms with E-state index in [2.05, 4.69) is 23.2 Å². The Morgan fingerprint density at radius 1 is 1.25 bits per heavy atom. The second-order valence-corrected chi connectivity index (χ2v) is 3.40. The molecule has 16 heavy (non-hydrogen) atoms. The summed E-state index contributed by atoms with van der Waals surface area (Å²) < 4.78 is 4.94. The van der Waals surface area contributed by atoms with E-state index in [-0.39, 0.29) is 6.61 Å². The maximum absolute atomic E-state index is 8.31. The van der Waals surface area contributed by atoms with Crippen molar-refractivity contribution in [1.82, 2.24) is 5.16 Å². The van der Waals surface area contributed by atoms with Crippen LogP contribution >= 0.6 is 0 Å². The summed E-state index contributed by atoms with van der Waals surface area (Å²) in [6, 6.07) is 7.39. The molecule has 82 valence electrons. The molecule has 1 aromatic carbocycles. The van der Waals surface area contributed by atoms with Crippen LogP contribution in [0.1, 0.15) is 5.56 Å². The third-order valence-corrected chi connectivity index (χ3v) is 2.33. The Hall–Kier alpha value is -1.91. The second-order valence-electron chi connectivity index (χ2n) is 3.40. The van der Waals surface area contributed by atoms with E-state index in [0.717, 1.165) is 11.1 Å². The zero-order valence-corrected chi connectivity index (χ0v) is 8.64. The van der Waals surface area contributed by atoms with E-state index in [1.165, 1.54) is 0 Å². The fourth-order valence-electron chi connectivity index (χ4n) is 1.40. The first-order chi connectivity index (χ1) is 7.72. The lowest BCUT2D eigenvalue weighted by molar-refractivity contribution is -0.253. The van der Waals surface area contributed by atoms with Crippen molar-refractivity contribution in [2.24, 2.45) is 0 Å². The van der Waals surface area contributed by atoms with Crippen molar-refractivity contribution in [2.75, 3.05) is 0 Å². The molecular weight excluding hydrogens is 206 g/mol. The van der Waals surface area contributed by atoms with E-state index < -0.39 is 0 Å². The average Bonchev–Trinajstić information content (AvgIpc) is 2.62. The molecular formula is C12H11NO3. The molecule has 0 saturated carbocycles. The Morgan fingerprint density at radius 2 is 1.94 bits per heavy atom. The largest absolute Gasteiger partial charge is 0.356 e. The van der Waals surface area contributed by atoms with E-state index in [9.17, 15) is 0 Å². The molecule has 0 spiro atoms. The molecule has 4 nitrogen and oxygen atoms in total. The third kappa shape index (κ3) is 1.88. The van der Waals surface area contributed by atoms with Crippen molar-refractivity contribution in [3.63, 3.8) is 0 Å². The van der Waals surface area contributed by atoms with Gasteiger partial charge in [0.25, 0.3) is 0 Å². The molecule has 0 fully saturated rings. The molecule has 0 radical (unpaired) electrons. The molecule has 1 aromatic heterocycles. The van der Waals surface area contributed by atoms with Crippen LogP contribution in [-0.2, 0) is 11.5 Å². The van der Waals surface area contributed by atoms with Crippen molar-refractivity contribution < 1.29 is 14.7 Å². The number of hydrogen-bond acceptors (Lipinski definition) is 4. The Balaban J connectivity index is 2.39. The van der Waals surface area contributed by atoms with Crippen molar-refractivity contribution in [1.29, 1.82) is 0 Å². The summed E-state index contributed by atoms with van der Waals surface area (Å²) in [6.45, 7) is 7.66. The first-order valence-corrected chi connectivity index (χ1v) is 4.71. The van der Waals surface area contributed by atoms with Gasteiger partial charge in [-0.3, -0.25) is 5.26 Å². The van der Waals surface area contributed by atoms with Crippen LogP contribution < -0.4 is 10.6 Å². The fourth-order valence-corrected chi connectivity index (χ4v) is 1.40. The number of nitrogens with zero attached hydrogens (tertiary/aromatic N) is 1. The zero-order chi connectivity index (χ0) is 11.5. The third-order valence-electron chi connectivity index (χ3n) is 2.33. The number of benzene rings is 1. The summed E-state index contributed by atoms with van der Waals surface area (Å²) in [5.74, 6) is 0. The van der Waals surface area contributed by atoms with Gasteiger partial charge in [-0.05, 0) is 5.56 Å². The SMILES string of the molecule is C=c1onc(-c2ccc(COO)cc2)c1=C. The van der Waals surface area contributed by atoms with Crippen molar-refractivity contribution in [3.05, 3.63) is 40.5 Å². The number of rotatable bonds is 3. The van der Waals surface area contributed by atoms with E-state index in [1.54, 1.807) is 0 Å². The zero-order valence-electron chi connectivity index (χ0n) is 8.64. The van der Waals surface area contributed by atoms with Gasteiger partial charge >= 0.3 is 0 Å². The first-order valence-electron chi connectivity index (χ1n) is 4.71. The smallest absolute Gasteiger partial charge is 0.159 e. The fraction of sp³-hybridized carbons (Fsp3) is 0.0833. The van der Waals surface area contributed by atoms with E-state index in [1.807, 2.05) is 24.3 Å². The Bertz CT molecular complexity index is 571. The highest BCUT2D eigenvalue weighted by molar-refractivity contribution is 5.59. The standard InChI is InChI=1S/C12H11NO3/c1-8-9(2)16-13-12(8)11-5-3-10(4-6-11)7-15-14/h3-6,14H,1-2,7H2. The Kier molecular flexibility index (Phi) is 2.85. The molecule has 2 rings (SSSR count). The van der Waals surface area contributed by atoms with Crippen LogP contribution in [0.2, 0.25) is 0 Å². The van der Waals surface area contributed by atoms with Gasteiger partial charge in [-0.2, -0.15) is 0 Å². The molecule has 0 unspecified atom stereocenters. The maximum Gasteiger partial charge on any atom is 0.159 e. The van der Waals surface area contributed by atoms with Crippen LogP contribution in [0, 0.1) is 0 Å². The molecule has 1 N–H and O–H groups in total. The summed E-state index contributed by atoms with van der Waals surface area (Å²) >= 11 is 0. The van der Waals surface area contributed by atoms with E-state index in [0.29, 0.717) is 16.3 Å². The van der Waals surface area contributed by atoms with Crippen molar-refractivity contribution in [2.45, 2.75) is 6.61 Å². The average molecular weight is 217 g/mol. The maximum atomic E-state index is 8.31. The quantitative estimate of drug-likeness (QED) is 0.619. The summed E-state index contributed by atoms with van der Waals surface area (Å²) in [4.78, 5) is 4.04. The van der Waals surface area contributed by atoms with E-state index in [4.69, 9.17) is 9.78 Å². The molecule has 0 aliphatic heterocycles. The minimum atomic E-state index is 0.164. The predicted molar refractivity (Wildman–Crippen MR) is 59.7 cm³/mol. The highest BCUT2D eigenvalue weighted by atomic mass is 17.1. The van der Waals surface area contributed by atoms with Crippen LogP contribution in [0.4, 0.5) is 0 Å². The Labute approximate surface area is 92.0 Å². The highest BCUT2D eigenvalue weighted by Gasteiger charge is 2.04. The molecule has 0 saturated heterocycles. The molecule has 1 heterocycles. The van der Waals surface area contributed by atoms with Gasteiger partial charge in [0.05, 0.1) is 0 Å². The molecule has 0 aliphatic rings.